The second-order valence-corrected chi connectivity index (χ2v) is 13.3. The molecule has 4 unspecified atom stereocenters. The van der Waals surface area contributed by atoms with E-state index >= 15 is 0 Å². The molecule has 2 aliphatic carbocycles. The monoisotopic (exact) mass is 596 g/mol. The van der Waals surface area contributed by atoms with E-state index < -0.39 is 0 Å². The Kier molecular flexibility index (Phi) is 13.2. The first-order valence-electron chi connectivity index (χ1n) is 17.3. The van der Waals surface area contributed by atoms with E-state index in [0.29, 0.717) is 31.0 Å². The number of aliphatic hydroxyl groups is 1. The molecule has 2 heterocycles. The first-order chi connectivity index (χ1) is 21.1. The van der Waals surface area contributed by atoms with Crippen molar-refractivity contribution in [2.45, 2.75) is 116 Å². The quantitative estimate of drug-likeness (QED) is 0.198. The van der Waals surface area contributed by atoms with Gasteiger partial charge in [-0.3, -0.25) is 0 Å². The predicted octanol–water partition coefficient (Wildman–Crippen LogP) is 7.60. The van der Waals surface area contributed by atoms with Gasteiger partial charge in [0.05, 0.1) is 32.0 Å². The second-order valence-electron chi connectivity index (χ2n) is 13.3. The minimum Gasteiger partial charge on any atom is -0.396 e. The third kappa shape index (κ3) is 9.48. The number of benzene rings is 1. The molecule has 4 aliphatic rings. The van der Waals surface area contributed by atoms with Gasteiger partial charge in [0, 0.05) is 25.0 Å². The van der Waals surface area contributed by atoms with Gasteiger partial charge in [-0.15, -0.1) is 0 Å². The summed E-state index contributed by atoms with van der Waals surface area (Å²) < 4.78 is 31.4. The Balaban J connectivity index is 1.29. The molecule has 1 saturated carbocycles. The smallest absolute Gasteiger partial charge is 0.158 e. The average Bonchev–Trinajstić information content (AvgIpc) is 3.59. The molecule has 6 heteroatoms. The summed E-state index contributed by atoms with van der Waals surface area (Å²) in [4.78, 5) is 0. The maximum Gasteiger partial charge on any atom is 0.158 e. The third-order valence-corrected chi connectivity index (χ3v) is 10.0. The van der Waals surface area contributed by atoms with E-state index in [9.17, 15) is 5.11 Å². The number of allylic oxidation sites excluding steroid dienone is 1. The van der Waals surface area contributed by atoms with Gasteiger partial charge >= 0.3 is 0 Å². The molecular weight excluding hydrogens is 540 g/mol. The van der Waals surface area contributed by atoms with Gasteiger partial charge in [-0.2, -0.15) is 0 Å². The Hall–Kier alpha value is -1.54. The van der Waals surface area contributed by atoms with E-state index in [1.165, 1.54) is 31.3 Å². The van der Waals surface area contributed by atoms with Crippen LogP contribution in [0, 0.1) is 29.6 Å². The predicted molar refractivity (Wildman–Crippen MR) is 169 cm³/mol. The SMILES string of the molecule is CCCCC(C)[C@@H](/C=C/[C@@H]1[C@H]2C=C(C(CO)COCc3ccccc3)C[C@H]2C[C@H]1OC1CCCCO1)OC1CCCCO1. The minimum absolute atomic E-state index is 0.0294. The van der Waals surface area contributed by atoms with Crippen LogP contribution in [0.3, 0.4) is 0 Å². The van der Waals surface area contributed by atoms with Crippen molar-refractivity contribution >= 4 is 0 Å². The Morgan fingerprint density at radius 2 is 1.79 bits per heavy atom. The van der Waals surface area contributed by atoms with Crippen LogP contribution in [0.15, 0.2) is 54.1 Å². The fourth-order valence-corrected chi connectivity index (χ4v) is 7.44. The zero-order valence-electron chi connectivity index (χ0n) is 26.6. The van der Waals surface area contributed by atoms with Gasteiger partial charge in [-0.05, 0) is 81.1 Å². The molecule has 0 aromatic heterocycles. The standard InChI is InChI=1S/C37H56O6/c1-3-4-12-27(2)34(42-36-15-8-10-19-40-36)18-17-32-33-22-29(31(24-38)26-39-25-28-13-6-5-7-14-28)21-30(33)23-35(32)43-37-16-9-11-20-41-37/h5-7,13-14,17-18,22,27,30-38H,3-4,8-12,15-16,19-21,23-26H2,1-2H3/b18-17+/t27?,30-,31?,32+,33-,34+,35+,36?,37?/m0/s1. The van der Waals surface area contributed by atoms with Gasteiger partial charge in [-0.1, -0.05) is 80.8 Å². The minimum atomic E-state index is -0.106. The maximum absolute atomic E-state index is 10.3. The molecule has 0 radical (unpaired) electrons. The van der Waals surface area contributed by atoms with E-state index in [1.807, 2.05) is 18.2 Å². The molecule has 0 amide bonds. The largest absolute Gasteiger partial charge is 0.396 e. The van der Waals surface area contributed by atoms with Crippen molar-refractivity contribution in [3.63, 3.8) is 0 Å². The summed E-state index contributed by atoms with van der Waals surface area (Å²) in [5, 5.41) is 10.3. The summed E-state index contributed by atoms with van der Waals surface area (Å²) in [6.45, 7) is 7.39. The molecular formula is C37H56O6. The van der Waals surface area contributed by atoms with Crippen molar-refractivity contribution in [2.24, 2.45) is 29.6 Å². The summed E-state index contributed by atoms with van der Waals surface area (Å²) in [5.41, 5.74) is 2.51. The summed E-state index contributed by atoms with van der Waals surface area (Å²) in [6, 6.07) is 10.3. The van der Waals surface area contributed by atoms with Gasteiger partial charge < -0.3 is 28.8 Å². The van der Waals surface area contributed by atoms with Crippen molar-refractivity contribution in [3.8, 4) is 0 Å². The van der Waals surface area contributed by atoms with Gasteiger partial charge in [0.1, 0.15) is 0 Å². The molecule has 1 aromatic rings. The lowest BCUT2D eigenvalue weighted by Gasteiger charge is -2.31. The zero-order chi connectivity index (χ0) is 29.9. The Bertz CT molecular complexity index is 982. The van der Waals surface area contributed by atoms with Gasteiger partial charge in [0.2, 0.25) is 0 Å². The molecule has 0 spiro atoms. The number of hydrogen-bond donors (Lipinski definition) is 1. The zero-order valence-corrected chi connectivity index (χ0v) is 26.6. The third-order valence-electron chi connectivity index (χ3n) is 10.0. The highest BCUT2D eigenvalue weighted by molar-refractivity contribution is 5.24. The topological polar surface area (TPSA) is 66.4 Å². The maximum atomic E-state index is 10.3. The van der Waals surface area contributed by atoms with E-state index in [2.05, 4.69) is 44.2 Å². The number of aliphatic hydroxyl groups excluding tert-OH is 1. The molecule has 43 heavy (non-hydrogen) atoms. The average molecular weight is 597 g/mol. The molecule has 240 valence electrons. The lowest BCUT2D eigenvalue weighted by molar-refractivity contribution is -0.193. The molecule has 9 atom stereocenters. The van der Waals surface area contributed by atoms with E-state index in [1.54, 1.807) is 0 Å². The lowest BCUT2D eigenvalue weighted by Crippen LogP contribution is -2.32. The van der Waals surface area contributed by atoms with E-state index in [4.69, 9.17) is 23.7 Å². The summed E-state index contributed by atoms with van der Waals surface area (Å²) >= 11 is 0. The first kappa shape index (κ1) is 32.8. The van der Waals surface area contributed by atoms with Gasteiger partial charge in [0.15, 0.2) is 12.6 Å². The highest BCUT2D eigenvalue weighted by Gasteiger charge is 2.46. The molecule has 6 nitrogen and oxygen atoms in total. The second kappa shape index (κ2) is 17.2. The van der Waals surface area contributed by atoms with Crippen LogP contribution in [0.25, 0.3) is 0 Å². The molecule has 5 rings (SSSR count). The van der Waals surface area contributed by atoms with Crippen LogP contribution >= 0.6 is 0 Å². The highest BCUT2D eigenvalue weighted by Crippen LogP contribution is 2.50. The van der Waals surface area contributed by atoms with E-state index in [-0.39, 0.29) is 43.2 Å². The number of rotatable bonds is 16. The van der Waals surface area contributed by atoms with Crippen LogP contribution < -0.4 is 0 Å². The molecule has 2 saturated heterocycles. The van der Waals surface area contributed by atoms with Crippen molar-refractivity contribution in [1.82, 2.24) is 0 Å². The Labute approximate surface area is 260 Å². The number of ether oxygens (including phenoxy) is 5. The fourth-order valence-electron chi connectivity index (χ4n) is 7.44. The number of hydrogen-bond acceptors (Lipinski definition) is 6. The van der Waals surface area contributed by atoms with Crippen LogP contribution in [0.2, 0.25) is 0 Å². The first-order valence-corrected chi connectivity index (χ1v) is 17.3. The fraction of sp³-hybridized carbons (Fsp3) is 0.730. The molecule has 3 fully saturated rings. The van der Waals surface area contributed by atoms with Crippen molar-refractivity contribution in [3.05, 3.63) is 59.7 Å². The van der Waals surface area contributed by atoms with Crippen molar-refractivity contribution < 1.29 is 28.8 Å². The van der Waals surface area contributed by atoms with Crippen LogP contribution in [0.4, 0.5) is 0 Å². The summed E-state index contributed by atoms with van der Waals surface area (Å²) in [7, 11) is 0. The van der Waals surface area contributed by atoms with Crippen LogP contribution in [0.5, 0.6) is 0 Å². The van der Waals surface area contributed by atoms with Crippen molar-refractivity contribution in [1.29, 1.82) is 0 Å². The van der Waals surface area contributed by atoms with Crippen LogP contribution in [-0.4, -0.2) is 56.3 Å². The number of fused-ring (bicyclic) bond motifs is 1. The molecule has 1 aromatic carbocycles. The van der Waals surface area contributed by atoms with Gasteiger partial charge in [0.25, 0.3) is 0 Å². The Morgan fingerprint density at radius 3 is 2.49 bits per heavy atom. The highest BCUT2D eigenvalue weighted by atomic mass is 16.7. The molecule has 1 N–H and O–H groups in total. The van der Waals surface area contributed by atoms with E-state index in [0.717, 1.165) is 63.7 Å². The lowest BCUT2D eigenvalue weighted by atomic mass is 9.90. The molecule has 2 aliphatic heterocycles. The normalized spacial score (nSPS) is 31.6. The van der Waals surface area contributed by atoms with Crippen molar-refractivity contribution in [2.75, 3.05) is 26.4 Å². The number of unbranched alkanes of at least 4 members (excludes halogenated alkanes) is 1. The van der Waals surface area contributed by atoms with Crippen LogP contribution in [-0.2, 0) is 30.3 Å². The Morgan fingerprint density at radius 1 is 1.02 bits per heavy atom. The van der Waals surface area contributed by atoms with Crippen LogP contribution in [0.1, 0.15) is 90.0 Å². The van der Waals surface area contributed by atoms with Gasteiger partial charge in [-0.25, -0.2) is 0 Å². The summed E-state index contributed by atoms with van der Waals surface area (Å²) in [6.07, 6.45) is 19.3. The molecule has 0 bridgehead atoms. The summed E-state index contributed by atoms with van der Waals surface area (Å²) in [5.74, 6) is 1.62.